The van der Waals surface area contributed by atoms with Gasteiger partial charge in [-0.15, -0.1) is 0 Å². The van der Waals surface area contributed by atoms with E-state index in [4.69, 9.17) is 9.47 Å². The zero-order chi connectivity index (χ0) is 14.7. The summed E-state index contributed by atoms with van der Waals surface area (Å²) >= 11 is 0. The second-order valence-electron chi connectivity index (χ2n) is 5.59. The molecule has 2 heterocycles. The average molecular weight is 290 g/mol. The molecule has 1 aromatic rings. The largest absolute Gasteiger partial charge is 0.477 e. The highest BCUT2D eigenvalue weighted by Crippen LogP contribution is 2.28. The van der Waals surface area contributed by atoms with Crippen LogP contribution >= 0.6 is 0 Å². The number of carbonyl (C=O) groups excluding carboxylic acids is 1. The minimum Gasteiger partial charge on any atom is -0.477 e. The highest BCUT2D eigenvalue weighted by atomic mass is 16.5. The molecule has 1 amide bonds. The summed E-state index contributed by atoms with van der Waals surface area (Å²) in [6.07, 6.45) is 1.82. The van der Waals surface area contributed by atoms with Gasteiger partial charge in [0.05, 0.1) is 18.3 Å². The lowest BCUT2D eigenvalue weighted by molar-refractivity contribution is -0.127. The van der Waals surface area contributed by atoms with E-state index in [1.165, 1.54) is 0 Å². The molecule has 3 unspecified atom stereocenters. The topological polar surface area (TPSA) is 59.6 Å². The van der Waals surface area contributed by atoms with Crippen LogP contribution in [0.2, 0.25) is 0 Å². The first-order valence-corrected chi connectivity index (χ1v) is 7.66. The monoisotopic (exact) mass is 290 g/mol. The molecule has 1 saturated heterocycles. The van der Waals surface area contributed by atoms with Crippen molar-refractivity contribution in [3.8, 4) is 5.75 Å². The van der Waals surface area contributed by atoms with Crippen molar-refractivity contribution in [2.24, 2.45) is 5.92 Å². The molecule has 5 nitrogen and oxygen atoms in total. The number of rotatable bonds is 4. The number of carbonyl (C=O) groups is 1. The van der Waals surface area contributed by atoms with Gasteiger partial charge in [-0.2, -0.15) is 0 Å². The molecule has 0 aliphatic carbocycles. The summed E-state index contributed by atoms with van der Waals surface area (Å²) < 4.78 is 11.4. The van der Waals surface area contributed by atoms with E-state index in [-0.39, 0.29) is 12.0 Å². The fourth-order valence-electron chi connectivity index (χ4n) is 2.98. The molecule has 2 aliphatic heterocycles. The molecule has 0 spiro atoms. The van der Waals surface area contributed by atoms with E-state index < -0.39 is 6.10 Å². The summed E-state index contributed by atoms with van der Waals surface area (Å²) in [5.41, 5.74) is 0.941. The molecule has 1 fully saturated rings. The van der Waals surface area contributed by atoms with Crippen molar-refractivity contribution in [1.82, 2.24) is 5.32 Å². The molecule has 2 aliphatic rings. The van der Waals surface area contributed by atoms with Gasteiger partial charge in [0.15, 0.2) is 6.10 Å². The summed E-state index contributed by atoms with van der Waals surface area (Å²) in [7, 11) is 0. The van der Waals surface area contributed by atoms with Gasteiger partial charge in [0.1, 0.15) is 5.75 Å². The Labute approximate surface area is 125 Å². The van der Waals surface area contributed by atoms with Gasteiger partial charge in [0.25, 0.3) is 5.91 Å². The lowest BCUT2D eigenvalue weighted by atomic mass is 9.99. The van der Waals surface area contributed by atoms with Gasteiger partial charge in [-0.05, 0) is 25.0 Å². The Morgan fingerprint density at radius 1 is 1.43 bits per heavy atom. The molecule has 3 rings (SSSR count). The zero-order valence-corrected chi connectivity index (χ0v) is 12.3. The van der Waals surface area contributed by atoms with Crippen LogP contribution in [0.4, 0.5) is 5.69 Å². The van der Waals surface area contributed by atoms with E-state index in [2.05, 4.69) is 17.6 Å². The van der Waals surface area contributed by atoms with Crippen molar-refractivity contribution in [1.29, 1.82) is 0 Å². The molecule has 114 valence electrons. The first-order chi connectivity index (χ1) is 10.3. The summed E-state index contributed by atoms with van der Waals surface area (Å²) in [6.45, 7) is 4.09. The van der Waals surface area contributed by atoms with Crippen LogP contribution in [0.5, 0.6) is 5.75 Å². The molecular weight excluding hydrogens is 268 g/mol. The fourth-order valence-corrected chi connectivity index (χ4v) is 2.98. The minimum absolute atomic E-state index is 0.0567. The Morgan fingerprint density at radius 2 is 2.29 bits per heavy atom. The maximum atomic E-state index is 12.2. The van der Waals surface area contributed by atoms with E-state index in [1.807, 2.05) is 24.3 Å². The molecule has 21 heavy (non-hydrogen) atoms. The third kappa shape index (κ3) is 3.13. The van der Waals surface area contributed by atoms with Crippen LogP contribution in [0, 0.1) is 5.92 Å². The van der Waals surface area contributed by atoms with E-state index >= 15 is 0 Å². The Bertz CT molecular complexity index is 506. The van der Waals surface area contributed by atoms with Crippen LogP contribution in [0.1, 0.15) is 19.8 Å². The van der Waals surface area contributed by atoms with Gasteiger partial charge in [-0.3, -0.25) is 4.79 Å². The van der Waals surface area contributed by atoms with E-state index in [0.29, 0.717) is 19.0 Å². The smallest absolute Gasteiger partial charge is 0.262 e. The van der Waals surface area contributed by atoms with Gasteiger partial charge in [-0.1, -0.05) is 19.1 Å². The zero-order valence-electron chi connectivity index (χ0n) is 12.3. The molecule has 0 aromatic heterocycles. The number of fused-ring (bicyclic) bond motifs is 1. The van der Waals surface area contributed by atoms with Gasteiger partial charge in [0.2, 0.25) is 0 Å². The van der Waals surface area contributed by atoms with Gasteiger partial charge in [0, 0.05) is 19.1 Å². The fraction of sp³-hybridized carbons (Fsp3) is 0.562. The second-order valence-corrected chi connectivity index (χ2v) is 5.59. The number of benzene rings is 1. The predicted octanol–water partition coefficient (Wildman–Crippen LogP) is 1.79. The van der Waals surface area contributed by atoms with Crippen LogP contribution in [0.25, 0.3) is 0 Å². The van der Waals surface area contributed by atoms with Crippen molar-refractivity contribution >= 4 is 11.6 Å². The van der Waals surface area contributed by atoms with Gasteiger partial charge < -0.3 is 20.1 Å². The number of anilines is 1. The highest BCUT2D eigenvalue weighted by molar-refractivity contribution is 5.83. The number of amides is 1. The minimum atomic E-state index is -0.470. The van der Waals surface area contributed by atoms with Crippen molar-refractivity contribution in [2.45, 2.75) is 32.0 Å². The normalized spacial score (nSPS) is 27.4. The molecule has 5 heteroatoms. The summed E-state index contributed by atoms with van der Waals surface area (Å²) in [4.78, 5) is 12.2. The predicted molar refractivity (Wildman–Crippen MR) is 80.5 cm³/mol. The van der Waals surface area contributed by atoms with Crippen molar-refractivity contribution < 1.29 is 14.3 Å². The SMILES string of the molecule is CCC1OCCC1CNC(=O)C1CNc2ccccc2O1. The maximum Gasteiger partial charge on any atom is 0.262 e. The van der Waals surface area contributed by atoms with Crippen LogP contribution in [0.3, 0.4) is 0 Å². The standard InChI is InChI=1S/C16H22N2O3/c1-2-13-11(7-8-20-13)9-18-16(19)15-10-17-12-5-3-4-6-14(12)21-15/h3-6,11,13,15,17H,2,7-10H2,1H3,(H,18,19). The van der Waals surface area contributed by atoms with Crippen LogP contribution in [-0.4, -0.2) is 37.8 Å². The number of nitrogens with one attached hydrogen (secondary N) is 2. The van der Waals surface area contributed by atoms with Crippen molar-refractivity contribution in [2.75, 3.05) is 25.0 Å². The molecule has 3 atom stereocenters. The van der Waals surface area contributed by atoms with Crippen LogP contribution < -0.4 is 15.4 Å². The second kappa shape index (κ2) is 6.35. The number of ether oxygens (including phenoxy) is 2. The molecule has 0 saturated carbocycles. The van der Waals surface area contributed by atoms with Gasteiger partial charge >= 0.3 is 0 Å². The van der Waals surface area contributed by atoms with Crippen LogP contribution in [-0.2, 0) is 9.53 Å². The third-order valence-electron chi connectivity index (χ3n) is 4.21. The molecule has 1 aromatic carbocycles. The number of hydrogen-bond donors (Lipinski definition) is 2. The summed E-state index contributed by atoms with van der Waals surface area (Å²) in [6, 6.07) is 7.67. The summed E-state index contributed by atoms with van der Waals surface area (Å²) in [5.74, 6) is 1.10. The van der Waals surface area contributed by atoms with Crippen molar-refractivity contribution in [3.05, 3.63) is 24.3 Å². The van der Waals surface area contributed by atoms with E-state index in [1.54, 1.807) is 0 Å². The lowest BCUT2D eigenvalue weighted by Gasteiger charge is -2.27. The molecule has 2 N–H and O–H groups in total. The van der Waals surface area contributed by atoms with Crippen molar-refractivity contribution in [3.63, 3.8) is 0 Å². The van der Waals surface area contributed by atoms with E-state index in [0.717, 1.165) is 30.9 Å². The Balaban J connectivity index is 1.52. The van der Waals surface area contributed by atoms with Gasteiger partial charge in [-0.25, -0.2) is 0 Å². The maximum absolute atomic E-state index is 12.2. The summed E-state index contributed by atoms with van der Waals surface area (Å²) in [5, 5.41) is 6.24. The third-order valence-corrected chi connectivity index (χ3v) is 4.21. The number of hydrogen-bond acceptors (Lipinski definition) is 4. The molecular formula is C16H22N2O3. The van der Waals surface area contributed by atoms with E-state index in [9.17, 15) is 4.79 Å². The lowest BCUT2D eigenvalue weighted by Crippen LogP contribution is -2.46. The Hall–Kier alpha value is -1.75. The first kappa shape index (κ1) is 14.2. The highest BCUT2D eigenvalue weighted by Gasteiger charge is 2.29. The Morgan fingerprint density at radius 3 is 3.14 bits per heavy atom. The molecule has 0 radical (unpaired) electrons. The molecule has 0 bridgehead atoms. The Kier molecular flexibility index (Phi) is 4.29. The number of para-hydroxylation sites is 2. The average Bonchev–Trinajstić information content (AvgIpc) is 2.99. The quantitative estimate of drug-likeness (QED) is 0.887. The van der Waals surface area contributed by atoms with Crippen LogP contribution in [0.15, 0.2) is 24.3 Å². The first-order valence-electron chi connectivity index (χ1n) is 7.66.